The van der Waals surface area contributed by atoms with Gasteiger partial charge in [-0.3, -0.25) is 0 Å². The lowest BCUT2D eigenvalue weighted by Crippen LogP contribution is -2.27. The Morgan fingerprint density at radius 3 is 1.11 bits per heavy atom. The summed E-state index contributed by atoms with van der Waals surface area (Å²) in [6.07, 6.45) is 12.9. The zero-order chi connectivity index (χ0) is 14.8. The fourth-order valence-corrected chi connectivity index (χ4v) is 6.40. The molecule has 4 heteroatoms. The molecule has 0 spiro atoms. The van der Waals surface area contributed by atoms with Crippen molar-refractivity contribution in [2.45, 2.75) is 51.9 Å². The Kier molecular flexibility index (Phi) is 5.65. The van der Waals surface area contributed by atoms with Crippen LogP contribution in [0.3, 0.4) is 0 Å². The summed E-state index contributed by atoms with van der Waals surface area (Å²) in [5.41, 5.74) is 5.70. The molecule has 0 aromatic rings. The van der Waals surface area contributed by atoms with Gasteiger partial charge in [-0.1, -0.05) is 12.8 Å². The maximum absolute atomic E-state index is 6.45. The van der Waals surface area contributed by atoms with Crippen LogP contribution in [0.1, 0.15) is 41.5 Å². The van der Waals surface area contributed by atoms with Crippen LogP contribution in [-0.4, -0.2) is 37.8 Å². The third-order valence-corrected chi connectivity index (χ3v) is 11.6. The molecule has 0 saturated heterocycles. The first-order valence-corrected chi connectivity index (χ1v) is 10.2. The third-order valence-electron chi connectivity index (χ3n) is 3.66. The van der Waals surface area contributed by atoms with Crippen LogP contribution < -0.4 is 0 Å². The van der Waals surface area contributed by atoms with Crippen molar-refractivity contribution in [1.82, 2.24) is 0 Å². The first kappa shape index (κ1) is 18.1. The van der Waals surface area contributed by atoms with Gasteiger partial charge in [0, 0.05) is 14.3 Å². The minimum atomic E-state index is -1.93. The van der Waals surface area contributed by atoms with E-state index in [0.29, 0.717) is 0 Å². The van der Waals surface area contributed by atoms with Crippen molar-refractivity contribution in [3.63, 3.8) is 0 Å². The van der Waals surface area contributed by atoms with Gasteiger partial charge in [0.15, 0.2) is 0 Å². The van der Waals surface area contributed by atoms with Gasteiger partial charge < -0.3 is 0 Å². The molecule has 0 amide bonds. The van der Waals surface area contributed by atoms with Crippen molar-refractivity contribution in [3.8, 4) is 24.2 Å². The normalized spacial score (nSPS) is 19.1. The summed E-state index contributed by atoms with van der Waals surface area (Å²) in [5.74, 6) is 0. The molecule has 0 rings (SSSR count). The molecule has 0 aliphatic carbocycles. The maximum atomic E-state index is 6.45. The predicted octanol–water partition coefficient (Wildman–Crippen LogP) is 3.97. The monoisotopic (exact) mass is 276 g/mol. The molecule has 2 unspecified atom stereocenters. The molecule has 0 N–H and O–H groups in total. The van der Waals surface area contributed by atoms with Gasteiger partial charge in [-0.15, -0.1) is 0 Å². The molecule has 2 atom stereocenters. The second-order valence-corrected chi connectivity index (χ2v) is 14.4. The standard InChI is InChI=1S/C14H24B2P2/c1-9-17(15,13(3,4)5)11-12-18(16,10-2)14(6,7)8/h1-2H,11-12H2,3-8H3/q+2. The van der Waals surface area contributed by atoms with Gasteiger partial charge in [-0.05, 0) is 41.5 Å². The quantitative estimate of drug-likeness (QED) is 0.415. The third kappa shape index (κ3) is 3.80. The average molecular weight is 276 g/mol. The second-order valence-electron chi connectivity index (χ2n) is 6.78. The van der Waals surface area contributed by atoms with Gasteiger partial charge in [-0.2, -0.15) is 0 Å². The van der Waals surface area contributed by atoms with Crippen molar-refractivity contribution in [3.05, 3.63) is 0 Å². The topological polar surface area (TPSA) is 0 Å². The fourth-order valence-electron chi connectivity index (χ4n) is 1.50. The van der Waals surface area contributed by atoms with E-state index in [-0.39, 0.29) is 10.3 Å². The Balaban J connectivity index is 5.09. The van der Waals surface area contributed by atoms with E-state index < -0.39 is 14.3 Å². The minimum Gasteiger partial charge on any atom is -0.0786 e. The van der Waals surface area contributed by atoms with E-state index in [4.69, 9.17) is 28.0 Å². The number of hydrogen-bond acceptors (Lipinski definition) is 0. The second kappa shape index (κ2) is 5.62. The molecular formula is C14H24B2P2+2. The van der Waals surface area contributed by atoms with Crippen LogP contribution in [0, 0.1) is 24.2 Å². The largest absolute Gasteiger partial charge is 0.381 e. The van der Waals surface area contributed by atoms with Crippen LogP contribution in [-0.2, 0) is 0 Å². The van der Waals surface area contributed by atoms with E-state index in [1.54, 1.807) is 0 Å². The van der Waals surface area contributed by atoms with E-state index in [2.05, 4.69) is 52.9 Å². The summed E-state index contributed by atoms with van der Waals surface area (Å²) in [6.45, 7) is 12.6. The van der Waals surface area contributed by atoms with Gasteiger partial charge in [0.25, 0.3) is 0 Å². The summed E-state index contributed by atoms with van der Waals surface area (Å²) in [6, 6.07) is 0. The molecule has 0 aliphatic rings. The summed E-state index contributed by atoms with van der Waals surface area (Å²) < 4.78 is 0. The molecule has 0 saturated carbocycles. The van der Waals surface area contributed by atoms with Gasteiger partial charge in [0.1, 0.15) is 0 Å². The lowest BCUT2D eigenvalue weighted by atomic mass is 10.3. The van der Waals surface area contributed by atoms with Gasteiger partial charge >= 0.3 is 15.1 Å². The lowest BCUT2D eigenvalue weighted by molar-refractivity contribution is 0.777. The molecule has 0 heterocycles. The SMILES string of the molecule is [B][P+](C#C)(CC[P+]([B])(C#C)C(C)(C)C)C(C)(C)C. The predicted molar refractivity (Wildman–Crippen MR) is 92.3 cm³/mol. The summed E-state index contributed by atoms with van der Waals surface area (Å²) in [4.78, 5) is 0. The molecule has 0 aromatic heterocycles. The number of terminal acetylenes is 2. The van der Waals surface area contributed by atoms with E-state index in [1.807, 2.05) is 0 Å². The molecule has 0 bridgehead atoms. The Morgan fingerprint density at radius 2 is 1.00 bits per heavy atom. The first-order chi connectivity index (χ1) is 7.83. The van der Waals surface area contributed by atoms with Crippen LogP contribution in [0.2, 0.25) is 0 Å². The average Bonchev–Trinajstić information content (AvgIpc) is 2.22. The van der Waals surface area contributed by atoms with Crippen LogP contribution >= 0.6 is 14.3 Å². The smallest absolute Gasteiger partial charge is 0.0786 e. The van der Waals surface area contributed by atoms with E-state index >= 15 is 0 Å². The van der Waals surface area contributed by atoms with Crippen molar-refractivity contribution in [2.24, 2.45) is 0 Å². The summed E-state index contributed by atoms with van der Waals surface area (Å²) in [7, 11) is 9.03. The van der Waals surface area contributed by atoms with E-state index in [0.717, 1.165) is 12.3 Å². The van der Waals surface area contributed by atoms with E-state index in [1.165, 1.54) is 0 Å². The van der Waals surface area contributed by atoms with Crippen LogP contribution in [0.25, 0.3) is 0 Å². The van der Waals surface area contributed by atoms with Crippen molar-refractivity contribution in [1.29, 1.82) is 0 Å². The van der Waals surface area contributed by atoms with Gasteiger partial charge in [0.2, 0.25) is 0 Å². The van der Waals surface area contributed by atoms with Gasteiger partial charge in [0.05, 0.1) is 34.0 Å². The van der Waals surface area contributed by atoms with Crippen molar-refractivity contribution < 1.29 is 0 Å². The Morgan fingerprint density at radius 1 is 0.778 bits per heavy atom. The maximum Gasteiger partial charge on any atom is 0.381 e. The molecule has 0 aromatic carbocycles. The summed E-state index contributed by atoms with van der Waals surface area (Å²) in [5, 5.41) is -0.113. The number of rotatable bonds is 3. The number of hydrogen-bond donors (Lipinski definition) is 0. The van der Waals surface area contributed by atoms with E-state index in [9.17, 15) is 0 Å². The van der Waals surface area contributed by atoms with Crippen molar-refractivity contribution >= 4 is 29.4 Å². The molecule has 0 nitrogen and oxygen atoms in total. The van der Waals surface area contributed by atoms with Crippen molar-refractivity contribution in [2.75, 3.05) is 12.3 Å². The minimum absolute atomic E-state index is 0.0565. The Hall–Kier alpha value is 0.110. The lowest BCUT2D eigenvalue weighted by Gasteiger charge is -2.35. The molecule has 18 heavy (non-hydrogen) atoms. The Labute approximate surface area is 118 Å². The Bertz CT molecular complexity index is 341. The molecule has 94 valence electrons. The molecule has 4 radical (unpaired) electrons. The van der Waals surface area contributed by atoms with Gasteiger partial charge in [-0.25, -0.2) is 0 Å². The molecule has 0 fully saturated rings. The highest BCUT2D eigenvalue weighted by atomic mass is 31.2. The zero-order valence-corrected chi connectivity index (χ0v) is 14.4. The van der Waals surface area contributed by atoms with Crippen LogP contribution in [0.15, 0.2) is 0 Å². The highest BCUT2D eigenvalue weighted by molar-refractivity contribution is 8.05. The summed E-state index contributed by atoms with van der Waals surface area (Å²) >= 11 is 0. The highest BCUT2D eigenvalue weighted by Crippen LogP contribution is 2.70. The molecular weight excluding hydrogens is 252 g/mol. The first-order valence-electron chi connectivity index (χ1n) is 6.12. The van der Waals surface area contributed by atoms with Crippen LogP contribution in [0.5, 0.6) is 0 Å². The molecule has 0 aliphatic heterocycles. The fraction of sp³-hybridized carbons (Fsp3) is 0.714. The van der Waals surface area contributed by atoms with Crippen LogP contribution in [0.4, 0.5) is 0 Å². The zero-order valence-electron chi connectivity index (χ0n) is 12.6. The highest BCUT2D eigenvalue weighted by Gasteiger charge is 2.50.